The van der Waals surface area contributed by atoms with Crippen LogP contribution in [0.15, 0.2) is 84.9 Å². The van der Waals surface area contributed by atoms with Crippen LogP contribution >= 0.6 is 0 Å². The van der Waals surface area contributed by atoms with Gasteiger partial charge >= 0.3 is 5.97 Å². The molecule has 1 aliphatic heterocycles. The summed E-state index contributed by atoms with van der Waals surface area (Å²) in [6.45, 7) is 2.08. The zero-order valence-corrected chi connectivity index (χ0v) is 15.9. The molecule has 28 heavy (non-hydrogen) atoms. The maximum atomic E-state index is 13.5. The number of hydrogen-bond acceptors (Lipinski definition) is 2. The van der Waals surface area contributed by atoms with Crippen LogP contribution in [0.3, 0.4) is 0 Å². The van der Waals surface area contributed by atoms with Crippen LogP contribution in [0.2, 0.25) is 0 Å². The van der Waals surface area contributed by atoms with Crippen molar-refractivity contribution in [3.8, 4) is 0 Å². The Kier molecular flexibility index (Phi) is 3.94. The topological polar surface area (TPSA) is 26.3 Å². The van der Waals surface area contributed by atoms with Crippen molar-refractivity contribution in [1.82, 2.24) is 0 Å². The Labute approximate surface area is 164 Å². The van der Waals surface area contributed by atoms with Gasteiger partial charge in [-0.15, -0.1) is 0 Å². The first kappa shape index (κ1) is 17.0. The molecule has 0 bridgehead atoms. The number of hydrogen-bond donors (Lipinski definition) is 0. The summed E-state index contributed by atoms with van der Waals surface area (Å²) in [6, 6.07) is 29.1. The van der Waals surface area contributed by atoms with E-state index in [1.807, 2.05) is 24.3 Å². The molecule has 0 spiro atoms. The highest BCUT2D eigenvalue weighted by molar-refractivity contribution is 6.01. The fourth-order valence-corrected chi connectivity index (χ4v) is 4.73. The number of ether oxygens (including phenoxy) is 1. The number of esters is 1. The summed E-state index contributed by atoms with van der Waals surface area (Å²) < 4.78 is 5.89. The summed E-state index contributed by atoms with van der Waals surface area (Å²) in [5.41, 5.74) is 1.30. The molecule has 1 unspecified atom stereocenters. The third kappa shape index (κ3) is 2.37. The Hall–Kier alpha value is -3.13. The van der Waals surface area contributed by atoms with Gasteiger partial charge in [-0.25, -0.2) is 0 Å². The van der Waals surface area contributed by atoms with Crippen LogP contribution in [-0.2, 0) is 14.9 Å². The minimum absolute atomic E-state index is 0.0644. The van der Waals surface area contributed by atoms with Crippen LogP contribution in [0, 0.1) is 0 Å². The minimum Gasteiger partial charge on any atom is -0.461 e. The summed E-state index contributed by atoms with van der Waals surface area (Å²) in [7, 11) is 0. The number of cyclic esters (lactones) is 1. The Bertz CT molecular complexity index is 1100. The van der Waals surface area contributed by atoms with Crippen molar-refractivity contribution in [2.24, 2.45) is 0 Å². The number of fused-ring (bicyclic) bond motifs is 2. The van der Waals surface area contributed by atoms with E-state index >= 15 is 0 Å². The molecular weight excluding hydrogens is 344 g/mol. The number of benzene rings is 4. The van der Waals surface area contributed by atoms with Crippen LogP contribution in [0.25, 0.3) is 21.5 Å². The highest BCUT2D eigenvalue weighted by Crippen LogP contribution is 2.48. The average Bonchev–Trinajstić information content (AvgIpc) is 3.10. The molecule has 2 heteroatoms. The van der Waals surface area contributed by atoms with Crippen LogP contribution in [0.5, 0.6) is 0 Å². The average molecular weight is 366 g/mol. The lowest BCUT2D eigenvalue weighted by Gasteiger charge is -2.29. The molecule has 2 nitrogen and oxygen atoms in total. The molecule has 1 atom stereocenters. The van der Waals surface area contributed by atoms with Crippen LogP contribution < -0.4 is 0 Å². The van der Waals surface area contributed by atoms with E-state index in [0.717, 1.165) is 39.1 Å². The van der Waals surface area contributed by atoms with Gasteiger partial charge < -0.3 is 4.74 Å². The molecule has 0 aliphatic carbocycles. The minimum atomic E-state index is -0.789. The number of rotatable bonds is 3. The Morgan fingerprint density at radius 1 is 0.786 bits per heavy atom. The largest absolute Gasteiger partial charge is 0.461 e. The molecule has 1 aliphatic rings. The molecule has 1 heterocycles. The van der Waals surface area contributed by atoms with Gasteiger partial charge in [0.1, 0.15) is 11.5 Å². The molecule has 0 radical (unpaired) electrons. The lowest BCUT2D eigenvalue weighted by atomic mass is 9.69. The second-order valence-corrected chi connectivity index (χ2v) is 7.60. The lowest BCUT2D eigenvalue weighted by Crippen LogP contribution is -2.33. The van der Waals surface area contributed by atoms with Crippen molar-refractivity contribution in [3.05, 3.63) is 96.1 Å². The fourth-order valence-electron chi connectivity index (χ4n) is 4.73. The third-order valence-electron chi connectivity index (χ3n) is 6.11. The molecule has 0 aromatic heterocycles. The summed E-state index contributed by atoms with van der Waals surface area (Å²) >= 11 is 0. The van der Waals surface area contributed by atoms with Crippen molar-refractivity contribution in [2.45, 2.75) is 31.3 Å². The van der Waals surface area contributed by atoms with E-state index in [9.17, 15) is 4.79 Å². The Morgan fingerprint density at radius 3 is 1.79 bits per heavy atom. The van der Waals surface area contributed by atoms with Crippen molar-refractivity contribution < 1.29 is 9.53 Å². The van der Waals surface area contributed by atoms with Gasteiger partial charge in [-0.3, -0.25) is 4.79 Å². The SMILES string of the molecule is CCC1CC(c2cccc3ccccc23)(c2cccc3ccccc23)C(=O)O1. The molecule has 0 amide bonds. The first-order chi connectivity index (χ1) is 13.7. The predicted octanol–water partition coefficient (Wildman–Crippen LogP) is 6.00. The van der Waals surface area contributed by atoms with E-state index in [-0.39, 0.29) is 12.1 Å². The maximum absolute atomic E-state index is 13.5. The van der Waals surface area contributed by atoms with E-state index in [1.165, 1.54) is 0 Å². The highest BCUT2D eigenvalue weighted by Gasteiger charge is 2.52. The molecule has 0 saturated carbocycles. The second kappa shape index (κ2) is 6.49. The molecule has 4 aromatic rings. The summed E-state index contributed by atoms with van der Waals surface area (Å²) in [5, 5.41) is 4.53. The van der Waals surface area contributed by atoms with Gasteiger partial charge in [-0.1, -0.05) is 91.9 Å². The zero-order chi connectivity index (χ0) is 19.1. The molecule has 1 fully saturated rings. The zero-order valence-electron chi connectivity index (χ0n) is 15.9. The fraction of sp³-hybridized carbons (Fsp3) is 0.192. The monoisotopic (exact) mass is 366 g/mol. The standard InChI is InChI=1S/C26H22O2/c1-2-20-17-26(25(27)28-20,23-15-7-11-18-9-3-5-13-21(18)23)24-16-8-12-19-10-4-6-14-22(19)24/h3-16,20H,2,17H2,1H3. The maximum Gasteiger partial charge on any atom is 0.321 e. The van der Waals surface area contributed by atoms with Crippen LogP contribution in [0.4, 0.5) is 0 Å². The van der Waals surface area contributed by atoms with Crippen LogP contribution in [-0.4, -0.2) is 12.1 Å². The quantitative estimate of drug-likeness (QED) is 0.415. The molecule has 0 N–H and O–H groups in total. The van der Waals surface area contributed by atoms with Crippen LogP contribution in [0.1, 0.15) is 30.9 Å². The third-order valence-corrected chi connectivity index (χ3v) is 6.11. The number of carbonyl (C=O) groups is 1. The van der Waals surface area contributed by atoms with Gasteiger partial charge in [0, 0.05) is 6.42 Å². The lowest BCUT2D eigenvalue weighted by molar-refractivity contribution is -0.144. The molecule has 138 valence electrons. The van der Waals surface area contributed by atoms with E-state index in [2.05, 4.69) is 67.6 Å². The Morgan fingerprint density at radius 2 is 1.29 bits per heavy atom. The Balaban J connectivity index is 1.89. The predicted molar refractivity (Wildman–Crippen MR) is 113 cm³/mol. The molecule has 4 aromatic carbocycles. The van der Waals surface area contributed by atoms with Crippen molar-refractivity contribution >= 4 is 27.5 Å². The van der Waals surface area contributed by atoms with Gasteiger partial charge in [0.15, 0.2) is 0 Å². The number of carbonyl (C=O) groups excluding carboxylic acids is 1. The highest BCUT2D eigenvalue weighted by atomic mass is 16.6. The molecule has 5 rings (SSSR count). The van der Waals surface area contributed by atoms with Crippen molar-refractivity contribution in [3.63, 3.8) is 0 Å². The van der Waals surface area contributed by atoms with E-state index in [4.69, 9.17) is 4.74 Å². The van der Waals surface area contributed by atoms with Gasteiger partial charge in [-0.05, 0) is 39.1 Å². The van der Waals surface area contributed by atoms with Gasteiger partial charge in [-0.2, -0.15) is 0 Å². The second-order valence-electron chi connectivity index (χ2n) is 7.60. The first-order valence-corrected chi connectivity index (χ1v) is 9.91. The molecule has 1 saturated heterocycles. The van der Waals surface area contributed by atoms with Gasteiger partial charge in [0.05, 0.1) is 0 Å². The normalized spacial score (nSPS) is 18.5. The van der Waals surface area contributed by atoms with Gasteiger partial charge in [0.25, 0.3) is 0 Å². The van der Waals surface area contributed by atoms with Crippen molar-refractivity contribution in [2.75, 3.05) is 0 Å². The van der Waals surface area contributed by atoms with E-state index in [0.29, 0.717) is 6.42 Å². The molecular formula is C26H22O2. The smallest absolute Gasteiger partial charge is 0.321 e. The van der Waals surface area contributed by atoms with Gasteiger partial charge in [0.2, 0.25) is 0 Å². The summed E-state index contributed by atoms with van der Waals surface area (Å²) in [4.78, 5) is 13.5. The van der Waals surface area contributed by atoms with E-state index < -0.39 is 5.41 Å². The van der Waals surface area contributed by atoms with E-state index in [1.54, 1.807) is 0 Å². The summed E-state index contributed by atoms with van der Waals surface area (Å²) in [5.74, 6) is -0.132. The summed E-state index contributed by atoms with van der Waals surface area (Å²) in [6.07, 6.45) is 1.43. The first-order valence-electron chi connectivity index (χ1n) is 9.91. The van der Waals surface area contributed by atoms with Crippen molar-refractivity contribution in [1.29, 1.82) is 0 Å².